The second-order valence-electron chi connectivity index (χ2n) is 5.25. The Labute approximate surface area is 128 Å². The Morgan fingerprint density at radius 2 is 2.00 bits per heavy atom. The predicted molar refractivity (Wildman–Crippen MR) is 84.9 cm³/mol. The highest BCUT2D eigenvalue weighted by Crippen LogP contribution is 2.29. The highest BCUT2D eigenvalue weighted by molar-refractivity contribution is 9.09. The van der Waals surface area contributed by atoms with Crippen molar-refractivity contribution in [1.82, 2.24) is 0 Å². The number of carbonyl (C=O) groups is 1. The van der Waals surface area contributed by atoms with E-state index in [1.54, 1.807) is 25.2 Å². The monoisotopic (exact) mass is 344 g/mol. The summed E-state index contributed by atoms with van der Waals surface area (Å²) in [4.78, 5) is 11.7. The van der Waals surface area contributed by atoms with E-state index in [9.17, 15) is 4.79 Å². The summed E-state index contributed by atoms with van der Waals surface area (Å²) in [5.74, 6) is 0.701. The molecule has 20 heavy (non-hydrogen) atoms. The topological polar surface area (TPSA) is 59.6 Å². The maximum Gasteiger partial charge on any atom is 0.412 e. The molecule has 0 heterocycles. The Balaban J connectivity index is 2.80. The number of halogens is 1. The summed E-state index contributed by atoms with van der Waals surface area (Å²) >= 11 is 3.33. The minimum absolute atomic E-state index is 0.0979. The van der Waals surface area contributed by atoms with Gasteiger partial charge in [0.15, 0.2) is 5.01 Å². The first kappa shape index (κ1) is 16.6. The van der Waals surface area contributed by atoms with Crippen molar-refractivity contribution in [2.45, 2.75) is 38.3 Å². The minimum atomic E-state index is -0.523. The molecule has 0 saturated carbocycles. The lowest BCUT2D eigenvalue weighted by Crippen LogP contribution is -2.27. The minimum Gasteiger partial charge on any atom is -0.477 e. The number of alkyl halides is 1. The summed E-state index contributed by atoms with van der Waals surface area (Å²) in [6, 6.07) is 5.33. The molecular formula is C14H21BrN2O3. The van der Waals surface area contributed by atoms with E-state index in [2.05, 4.69) is 26.6 Å². The smallest absolute Gasteiger partial charge is 0.412 e. The van der Waals surface area contributed by atoms with Gasteiger partial charge in [0.25, 0.3) is 0 Å². The fraction of sp³-hybridized carbons (Fsp3) is 0.500. The molecule has 0 bridgehead atoms. The van der Waals surface area contributed by atoms with Gasteiger partial charge in [0.05, 0.1) is 5.69 Å². The first-order valence-corrected chi connectivity index (χ1v) is 7.25. The Hall–Kier alpha value is -1.43. The lowest BCUT2D eigenvalue weighted by molar-refractivity contribution is 0.0636. The number of hydrogen-bond acceptors (Lipinski definition) is 4. The molecule has 0 radical (unpaired) electrons. The molecule has 1 rings (SSSR count). The maximum absolute atomic E-state index is 11.7. The molecule has 0 fully saturated rings. The zero-order valence-corrected chi connectivity index (χ0v) is 14.0. The van der Waals surface area contributed by atoms with Crippen molar-refractivity contribution in [1.29, 1.82) is 0 Å². The number of nitrogens with one attached hydrogen (secondary N) is 2. The molecule has 5 nitrogen and oxygen atoms in total. The molecule has 1 unspecified atom stereocenters. The SMILES string of the molecule is CNc1cc(NC(=O)OC(C)(C)C)ccc1OC(C)Br. The van der Waals surface area contributed by atoms with E-state index in [0.29, 0.717) is 11.4 Å². The van der Waals surface area contributed by atoms with Gasteiger partial charge in [0.1, 0.15) is 11.4 Å². The Morgan fingerprint density at radius 1 is 1.35 bits per heavy atom. The third-order valence-corrected chi connectivity index (χ3v) is 2.37. The van der Waals surface area contributed by atoms with Gasteiger partial charge < -0.3 is 14.8 Å². The molecule has 6 heteroatoms. The van der Waals surface area contributed by atoms with Gasteiger partial charge in [-0.3, -0.25) is 5.32 Å². The first-order chi connectivity index (χ1) is 9.21. The van der Waals surface area contributed by atoms with E-state index < -0.39 is 11.7 Å². The lowest BCUT2D eigenvalue weighted by atomic mass is 10.2. The van der Waals surface area contributed by atoms with Gasteiger partial charge in [-0.1, -0.05) is 0 Å². The number of carbonyl (C=O) groups excluding carboxylic acids is 1. The van der Waals surface area contributed by atoms with Crippen LogP contribution in [-0.2, 0) is 4.74 Å². The van der Waals surface area contributed by atoms with Crippen LogP contribution < -0.4 is 15.4 Å². The van der Waals surface area contributed by atoms with E-state index in [0.717, 1.165) is 5.69 Å². The van der Waals surface area contributed by atoms with Crippen LogP contribution in [0.3, 0.4) is 0 Å². The average Bonchev–Trinajstić information content (AvgIpc) is 2.27. The molecule has 0 aliphatic heterocycles. The third-order valence-electron chi connectivity index (χ3n) is 2.18. The number of amides is 1. The second-order valence-corrected chi connectivity index (χ2v) is 6.54. The van der Waals surface area contributed by atoms with Crippen LogP contribution in [0.25, 0.3) is 0 Å². The lowest BCUT2D eigenvalue weighted by Gasteiger charge is -2.20. The fourth-order valence-electron chi connectivity index (χ4n) is 1.50. The van der Waals surface area contributed by atoms with Gasteiger partial charge in [0, 0.05) is 12.7 Å². The Morgan fingerprint density at radius 3 is 2.50 bits per heavy atom. The first-order valence-electron chi connectivity index (χ1n) is 6.34. The predicted octanol–water partition coefficient (Wildman–Crippen LogP) is 4.20. The molecule has 0 aliphatic carbocycles. The largest absolute Gasteiger partial charge is 0.477 e. The van der Waals surface area contributed by atoms with E-state index >= 15 is 0 Å². The van der Waals surface area contributed by atoms with E-state index in [1.807, 2.05) is 27.7 Å². The van der Waals surface area contributed by atoms with Crippen LogP contribution >= 0.6 is 15.9 Å². The average molecular weight is 345 g/mol. The van der Waals surface area contributed by atoms with E-state index in [4.69, 9.17) is 9.47 Å². The zero-order valence-electron chi connectivity index (χ0n) is 12.4. The van der Waals surface area contributed by atoms with Gasteiger partial charge >= 0.3 is 6.09 Å². The number of anilines is 2. The van der Waals surface area contributed by atoms with E-state index in [1.165, 1.54) is 0 Å². The van der Waals surface area contributed by atoms with Crippen molar-refractivity contribution in [2.24, 2.45) is 0 Å². The van der Waals surface area contributed by atoms with Crippen molar-refractivity contribution in [2.75, 3.05) is 17.7 Å². The molecule has 1 amide bonds. The molecule has 0 aromatic heterocycles. The van der Waals surface area contributed by atoms with Gasteiger partial charge in [-0.15, -0.1) is 0 Å². The summed E-state index contributed by atoms with van der Waals surface area (Å²) in [6.45, 7) is 7.34. The summed E-state index contributed by atoms with van der Waals surface area (Å²) in [7, 11) is 1.79. The van der Waals surface area contributed by atoms with Crippen LogP contribution in [0.15, 0.2) is 18.2 Å². The van der Waals surface area contributed by atoms with Crippen LogP contribution in [0.5, 0.6) is 5.75 Å². The van der Waals surface area contributed by atoms with Gasteiger partial charge in [-0.05, 0) is 61.8 Å². The molecule has 0 spiro atoms. The Kier molecular flexibility index (Phi) is 5.68. The highest BCUT2D eigenvalue weighted by atomic mass is 79.9. The highest BCUT2D eigenvalue weighted by Gasteiger charge is 2.16. The van der Waals surface area contributed by atoms with Crippen LogP contribution in [-0.4, -0.2) is 23.8 Å². The molecule has 0 saturated heterocycles. The quantitative estimate of drug-likeness (QED) is 0.803. The fourth-order valence-corrected chi connectivity index (χ4v) is 1.70. The number of rotatable bonds is 4. The molecule has 1 aromatic carbocycles. The van der Waals surface area contributed by atoms with Crippen LogP contribution in [0, 0.1) is 0 Å². The summed E-state index contributed by atoms with van der Waals surface area (Å²) in [6.07, 6.45) is -0.484. The van der Waals surface area contributed by atoms with Crippen LogP contribution in [0.1, 0.15) is 27.7 Å². The van der Waals surface area contributed by atoms with Crippen molar-refractivity contribution in [3.8, 4) is 5.75 Å². The van der Waals surface area contributed by atoms with Crippen molar-refractivity contribution in [3.63, 3.8) is 0 Å². The molecule has 1 aromatic rings. The standard InChI is InChI=1S/C14H21BrN2O3/c1-9(15)19-12-7-6-10(8-11(12)16-5)17-13(18)20-14(2,3)4/h6-9,16H,1-5H3,(H,17,18). The van der Waals surface area contributed by atoms with Crippen molar-refractivity contribution in [3.05, 3.63) is 18.2 Å². The summed E-state index contributed by atoms with van der Waals surface area (Å²) in [5.41, 5.74) is 0.896. The third kappa shape index (κ3) is 5.69. The molecular weight excluding hydrogens is 324 g/mol. The molecule has 1 atom stereocenters. The molecule has 112 valence electrons. The Bertz CT molecular complexity index is 470. The second kappa shape index (κ2) is 6.83. The zero-order chi connectivity index (χ0) is 15.3. The van der Waals surface area contributed by atoms with E-state index in [-0.39, 0.29) is 5.01 Å². The van der Waals surface area contributed by atoms with Gasteiger partial charge in [0.2, 0.25) is 0 Å². The van der Waals surface area contributed by atoms with Crippen LogP contribution in [0.2, 0.25) is 0 Å². The number of benzene rings is 1. The normalized spacial score (nSPS) is 12.5. The summed E-state index contributed by atoms with van der Waals surface area (Å²) < 4.78 is 10.8. The number of hydrogen-bond donors (Lipinski definition) is 2. The maximum atomic E-state index is 11.7. The van der Waals surface area contributed by atoms with Gasteiger partial charge in [-0.25, -0.2) is 4.79 Å². The van der Waals surface area contributed by atoms with Crippen molar-refractivity contribution < 1.29 is 14.3 Å². The number of ether oxygens (including phenoxy) is 2. The van der Waals surface area contributed by atoms with Crippen LogP contribution in [0.4, 0.5) is 16.2 Å². The molecule has 0 aliphatic rings. The van der Waals surface area contributed by atoms with Crippen molar-refractivity contribution >= 4 is 33.4 Å². The van der Waals surface area contributed by atoms with Gasteiger partial charge in [-0.2, -0.15) is 0 Å². The summed E-state index contributed by atoms with van der Waals surface area (Å²) in [5, 5.41) is 5.61. The molecule has 2 N–H and O–H groups in total.